The number of nitrogens with one attached hydrogen (secondary N) is 1. The van der Waals surface area contributed by atoms with Gasteiger partial charge in [-0.05, 0) is 56.5 Å². The molecule has 0 aliphatic carbocycles. The van der Waals surface area contributed by atoms with E-state index >= 15 is 0 Å². The second-order valence-electron chi connectivity index (χ2n) is 6.94. The summed E-state index contributed by atoms with van der Waals surface area (Å²) >= 11 is 1.27. The molecule has 8 heteroatoms. The summed E-state index contributed by atoms with van der Waals surface area (Å²) in [5.74, 6) is 0.00315. The van der Waals surface area contributed by atoms with E-state index in [-0.39, 0.29) is 12.2 Å². The fourth-order valence-corrected chi connectivity index (χ4v) is 3.91. The van der Waals surface area contributed by atoms with Crippen molar-refractivity contribution < 1.29 is 23.8 Å². The molecule has 0 saturated carbocycles. The Labute approximate surface area is 192 Å². The van der Waals surface area contributed by atoms with E-state index in [9.17, 15) is 14.9 Å². The van der Waals surface area contributed by atoms with E-state index in [1.54, 1.807) is 32.0 Å². The van der Waals surface area contributed by atoms with Crippen molar-refractivity contribution in [3.8, 4) is 17.6 Å². The van der Waals surface area contributed by atoms with Crippen molar-refractivity contribution >= 4 is 34.3 Å². The van der Waals surface area contributed by atoms with Crippen LogP contribution in [0.2, 0.25) is 0 Å². The third-order valence-corrected chi connectivity index (χ3v) is 5.83. The van der Waals surface area contributed by atoms with Gasteiger partial charge in [0.05, 0.1) is 25.9 Å². The Morgan fingerprint density at radius 1 is 1.22 bits per heavy atom. The highest BCUT2D eigenvalue weighted by Gasteiger charge is 2.23. The Morgan fingerprint density at radius 3 is 2.59 bits per heavy atom. The number of carbonyl (C=O) groups is 2. The summed E-state index contributed by atoms with van der Waals surface area (Å²) < 4.78 is 16.2. The lowest BCUT2D eigenvalue weighted by atomic mass is 10.1. The number of esters is 1. The summed E-state index contributed by atoms with van der Waals surface area (Å²) in [6.45, 7) is 8.26. The van der Waals surface area contributed by atoms with Crippen LogP contribution < -0.4 is 14.8 Å². The van der Waals surface area contributed by atoms with Crippen LogP contribution in [0.3, 0.4) is 0 Å². The third kappa shape index (κ3) is 6.11. The summed E-state index contributed by atoms with van der Waals surface area (Å²) in [4.78, 5) is 26.0. The lowest BCUT2D eigenvalue weighted by Crippen LogP contribution is -2.16. The zero-order chi connectivity index (χ0) is 23.7. The number of thiophene rings is 1. The Kier molecular flexibility index (Phi) is 9.29. The Balaban J connectivity index is 2.28. The van der Waals surface area contributed by atoms with Gasteiger partial charge in [-0.25, -0.2) is 4.79 Å². The second-order valence-corrected chi connectivity index (χ2v) is 8.17. The van der Waals surface area contributed by atoms with E-state index in [0.717, 1.165) is 23.3 Å². The SMILES string of the molecule is CCCCOc1ccc(/C=C(/C#N)C(=O)Nc2sc(C)c(C)c2C(=O)OCC)cc1OC. The van der Waals surface area contributed by atoms with Crippen LogP contribution in [0.1, 0.15) is 53.1 Å². The number of nitriles is 1. The number of benzene rings is 1. The highest BCUT2D eigenvalue weighted by molar-refractivity contribution is 7.16. The van der Waals surface area contributed by atoms with Crippen molar-refractivity contribution in [3.63, 3.8) is 0 Å². The van der Waals surface area contributed by atoms with Gasteiger partial charge in [0.25, 0.3) is 5.91 Å². The van der Waals surface area contributed by atoms with Crippen LogP contribution in [0, 0.1) is 25.2 Å². The first-order chi connectivity index (χ1) is 15.4. The van der Waals surface area contributed by atoms with Crippen molar-refractivity contribution in [1.29, 1.82) is 5.26 Å². The first-order valence-electron chi connectivity index (χ1n) is 10.4. The predicted octanol–water partition coefficient (Wildman–Crippen LogP) is 5.27. The maximum absolute atomic E-state index is 12.8. The molecule has 1 heterocycles. The van der Waals surface area contributed by atoms with Crippen LogP contribution in [0.4, 0.5) is 5.00 Å². The largest absolute Gasteiger partial charge is 0.493 e. The Bertz CT molecular complexity index is 1050. The second kappa shape index (κ2) is 11.9. The lowest BCUT2D eigenvalue weighted by Gasteiger charge is -2.11. The monoisotopic (exact) mass is 456 g/mol. The molecule has 170 valence electrons. The quantitative estimate of drug-likeness (QED) is 0.226. The van der Waals surface area contributed by atoms with E-state index < -0.39 is 11.9 Å². The van der Waals surface area contributed by atoms with Crippen molar-refractivity contribution in [2.45, 2.75) is 40.5 Å². The summed E-state index contributed by atoms with van der Waals surface area (Å²) in [5.41, 5.74) is 1.57. The minimum atomic E-state index is -0.610. The molecule has 0 aliphatic heterocycles. The van der Waals surface area contributed by atoms with E-state index in [1.165, 1.54) is 24.5 Å². The van der Waals surface area contributed by atoms with Gasteiger partial charge < -0.3 is 19.5 Å². The maximum atomic E-state index is 12.8. The van der Waals surface area contributed by atoms with Gasteiger partial charge in [-0.15, -0.1) is 11.3 Å². The van der Waals surface area contributed by atoms with Gasteiger partial charge in [0.15, 0.2) is 11.5 Å². The van der Waals surface area contributed by atoms with Crippen molar-refractivity contribution in [2.75, 3.05) is 25.6 Å². The molecule has 0 atom stereocenters. The zero-order valence-electron chi connectivity index (χ0n) is 19.0. The number of anilines is 1. The van der Waals surface area contributed by atoms with Gasteiger partial charge in [0, 0.05) is 4.88 Å². The standard InChI is InChI=1S/C24H28N2O5S/c1-6-8-11-31-19-10-9-17(13-20(19)29-5)12-18(14-25)22(27)26-23-21(24(28)30-7-2)15(3)16(4)32-23/h9-10,12-13H,6-8,11H2,1-5H3,(H,26,27)/b18-12-. The molecule has 0 saturated heterocycles. The minimum Gasteiger partial charge on any atom is -0.493 e. The van der Waals surface area contributed by atoms with Gasteiger partial charge in [0.1, 0.15) is 16.6 Å². The molecule has 0 unspecified atom stereocenters. The molecule has 1 aromatic carbocycles. The molecular weight excluding hydrogens is 428 g/mol. The molecule has 2 rings (SSSR count). The number of rotatable bonds is 10. The van der Waals surface area contributed by atoms with Gasteiger partial charge >= 0.3 is 5.97 Å². The Morgan fingerprint density at radius 2 is 1.97 bits per heavy atom. The van der Waals surface area contributed by atoms with E-state index in [1.807, 2.05) is 13.0 Å². The number of amides is 1. The topological polar surface area (TPSA) is 97.7 Å². The highest BCUT2D eigenvalue weighted by Crippen LogP contribution is 2.34. The molecule has 1 amide bonds. The highest BCUT2D eigenvalue weighted by atomic mass is 32.1. The lowest BCUT2D eigenvalue weighted by molar-refractivity contribution is -0.112. The van der Waals surface area contributed by atoms with Crippen LogP contribution >= 0.6 is 11.3 Å². The molecule has 0 bridgehead atoms. The molecule has 1 aromatic heterocycles. The number of aryl methyl sites for hydroxylation is 1. The Hall–Kier alpha value is -3.31. The van der Waals surface area contributed by atoms with Gasteiger partial charge in [-0.2, -0.15) is 5.26 Å². The average Bonchev–Trinajstić information content (AvgIpc) is 3.05. The van der Waals surface area contributed by atoms with Crippen LogP contribution in [0.25, 0.3) is 6.08 Å². The number of unbranched alkanes of at least 4 members (excludes halogenated alkanes) is 1. The van der Waals surface area contributed by atoms with Gasteiger partial charge in [-0.3, -0.25) is 4.79 Å². The zero-order valence-corrected chi connectivity index (χ0v) is 19.9. The molecule has 0 spiro atoms. The fraction of sp³-hybridized carbons (Fsp3) is 0.375. The number of hydrogen-bond donors (Lipinski definition) is 1. The van der Waals surface area contributed by atoms with Crippen LogP contribution in [0.15, 0.2) is 23.8 Å². The minimum absolute atomic E-state index is 0.106. The van der Waals surface area contributed by atoms with Crippen LogP contribution in [-0.4, -0.2) is 32.2 Å². The van der Waals surface area contributed by atoms with Crippen molar-refractivity contribution in [1.82, 2.24) is 0 Å². The van der Waals surface area contributed by atoms with Gasteiger partial charge in [0.2, 0.25) is 0 Å². The van der Waals surface area contributed by atoms with Crippen LogP contribution in [0.5, 0.6) is 11.5 Å². The molecule has 32 heavy (non-hydrogen) atoms. The molecule has 0 fully saturated rings. The summed E-state index contributed by atoms with van der Waals surface area (Å²) in [7, 11) is 1.53. The first kappa shape index (κ1) is 25.0. The van der Waals surface area contributed by atoms with E-state index in [4.69, 9.17) is 14.2 Å². The molecule has 0 aliphatic rings. The van der Waals surface area contributed by atoms with Crippen molar-refractivity contribution in [3.05, 3.63) is 45.3 Å². The molecule has 2 aromatic rings. The van der Waals surface area contributed by atoms with E-state index in [2.05, 4.69) is 12.2 Å². The maximum Gasteiger partial charge on any atom is 0.341 e. The fourth-order valence-electron chi connectivity index (χ4n) is 2.87. The molecular formula is C24H28N2O5S. The molecule has 7 nitrogen and oxygen atoms in total. The number of carbonyl (C=O) groups excluding carboxylic acids is 2. The van der Waals surface area contributed by atoms with E-state index in [0.29, 0.717) is 34.2 Å². The summed E-state index contributed by atoms with van der Waals surface area (Å²) in [6, 6.07) is 7.13. The van der Waals surface area contributed by atoms with Gasteiger partial charge in [-0.1, -0.05) is 19.4 Å². The normalized spacial score (nSPS) is 10.9. The number of methoxy groups -OCH3 is 1. The predicted molar refractivity (Wildman–Crippen MR) is 125 cm³/mol. The number of hydrogen-bond acceptors (Lipinski definition) is 7. The smallest absolute Gasteiger partial charge is 0.341 e. The number of nitrogens with zero attached hydrogens (tertiary/aromatic N) is 1. The first-order valence-corrected chi connectivity index (χ1v) is 11.2. The summed E-state index contributed by atoms with van der Waals surface area (Å²) in [6.07, 6.45) is 3.41. The van der Waals surface area contributed by atoms with Crippen LogP contribution in [-0.2, 0) is 9.53 Å². The van der Waals surface area contributed by atoms with Crippen molar-refractivity contribution in [2.24, 2.45) is 0 Å². The molecule has 1 N–H and O–H groups in total. The molecule has 0 radical (unpaired) electrons. The third-order valence-electron chi connectivity index (χ3n) is 4.71. The number of ether oxygens (including phenoxy) is 3. The summed E-state index contributed by atoms with van der Waals surface area (Å²) in [5, 5.41) is 12.6. The average molecular weight is 457 g/mol.